The van der Waals surface area contributed by atoms with Crippen LogP contribution in [0.5, 0.6) is 11.6 Å². The number of nitrogens with one attached hydrogen (secondary N) is 2. The number of fused-ring (bicyclic) bond motifs is 1. The predicted molar refractivity (Wildman–Crippen MR) is 136 cm³/mol. The Morgan fingerprint density at radius 2 is 1.80 bits per heavy atom. The van der Waals surface area contributed by atoms with E-state index in [1.807, 2.05) is 48.5 Å². The van der Waals surface area contributed by atoms with Crippen LogP contribution in [0.1, 0.15) is 26.3 Å². The molecule has 2 amide bonds. The Labute approximate surface area is 205 Å². The molecule has 0 bridgehead atoms. The molecule has 0 aliphatic heterocycles. The van der Waals surface area contributed by atoms with Gasteiger partial charge in [0.2, 0.25) is 10.8 Å². The first-order valence-electron chi connectivity index (χ1n) is 10.9. The summed E-state index contributed by atoms with van der Waals surface area (Å²) in [5, 5.41) is 18.7. The summed E-state index contributed by atoms with van der Waals surface area (Å²) in [5.41, 5.74) is 2.96. The van der Waals surface area contributed by atoms with Crippen LogP contribution >= 0.6 is 11.3 Å². The molecular weight excluding hydrogens is 462 g/mol. The minimum absolute atomic E-state index is 0.109. The molecule has 0 aliphatic rings. The van der Waals surface area contributed by atoms with Gasteiger partial charge in [-0.2, -0.15) is 9.61 Å². The highest BCUT2D eigenvalue weighted by atomic mass is 32.1. The standard InChI is InChI=1S/C25H23N7O2S/c1-25(2,3)18-7-4-5-9-20(18)34-21-19(8-6-14-26-21)29-23(33)28-17-12-10-16(11-13-17)22-31-32-15-27-30-24(32)35-22/h4-15H,1-3H3,(H2,28,29,33). The third-order valence-corrected chi connectivity index (χ3v) is 6.16. The molecule has 35 heavy (non-hydrogen) atoms. The summed E-state index contributed by atoms with van der Waals surface area (Å²) in [6, 6.07) is 18.3. The first-order valence-corrected chi connectivity index (χ1v) is 11.8. The molecule has 5 aromatic rings. The van der Waals surface area contributed by atoms with Crippen molar-refractivity contribution in [3.05, 3.63) is 78.8 Å². The van der Waals surface area contributed by atoms with Crippen molar-refractivity contribution in [3.63, 3.8) is 0 Å². The Morgan fingerprint density at radius 3 is 2.57 bits per heavy atom. The number of hydrogen-bond donors (Lipinski definition) is 2. The Kier molecular flexibility index (Phi) is 5.87. The lowest BCUT2D eigenvalue weighted by molar-refractivity contribution is 0.262. The van der Waals surface area contributed by atoms with Gasteiger partial charge in [0, 0.05) is 23.0 Å². The van der Waals surface area contributed by atoms with E-state index < -0.39 is 6.03 Å². The van der Waals surface area contributed by atoms with Crippen LogP contribution in [0, 0.1) is 0 Å². The molecule has 5 rings (SSSR count). The van der Waals surface area contributed by atoms with E-state index in [9.17, 15) is 4.79 Å². The molecule has 0 unspecified atom stereocenters. The highest BCUT2D eigenvalue weighted by molar-refractivity contribution is 7.19. The summed E-state index contributed by atoms with van der Waals surface area (Å²) in [7, 11) is 0. The van der Waals surface area contributed by atoms with E-state index in [1.165, 1.54) is 11.3 Å². The molecule has 176 valence electrons. The van der Waals surface area contributed by atoms with Crippen LogP contribution < -0.4 is 15.4 Å². The number of amides is 2. The minimum atomic E-state index is -0.404. The number of ether oxygens (including phenoxy) is 1. The lowest BCUT2D eigenvalue weighted by Crippen LogP contribution is -2.20. The summed E-state index contributed by atoms with van der Waals surface area (Å²) < 4.78 is 7.76. The Balaban J connectivity index is 1.28. The lowest BCUT2D eigenvalue weighted by Gasteiger charge is -2.22. The number of aromatic nitrogens is 5. The molecule has 2 aromatic carbocycles. The van der Waals surface area contributed by atoms with Crippen LogP contribution in [-0.2, 0) is 5.41 Å². The van der Waals surface area contributed by atoms with Crippen molar-refractivity contribution in [3.8, 4) is 22.2 Å². The van der Waals surface area contributed by atoms with E-state index in [4.69, 9.17) is 4.74 Å². The molecule has 3 aromatic heterocycles. The Morgan fingerprint density at radius 1 is 1.00 bits per heavy atom. The third kappa shape index (κ3) is 4.97. The fraction of sp³-hybridized carbons (Fsp3) is 0.160. The van der Waals surface area contributed by atoms with Gasteiger partial charge in [-0.1, -0.05) is 50.3 Å². The van der Waals surface area contributed by atoms with E-state index in [2.05, 4.69) is 51.7 Å². The Bertz CT molecular complexity index is 1460. The maximum Gasteiger partial charge on any atom is 0.323 e. The summed E-state index contributed by atoms with van der Waals surface area (Å²) >= 11 is 1.44. The maximum absolute atomic E-state index is 12.7. The number of urea groups is 1. The zero-order valence-electron chi connectivity index (χ0n) is 19.4. The monoisotopic (exact) mass is 485 g/mol. The number of anilines is 2. The average Bonchev–Trinajstić information content (AvgIpc) is 3.43. The van der Waals surface area contributed by atoms with Crippen molar-refractivity contribution in [2.75, 3.05) is 10.6 Å². The highest BCUT2D eigenvalue weighted by Crippen LogP contribution is 2.35. The second kappa shape index (κ2) is 9.15. The first-order chi connectivity index (χ1) is 16.9. The molecular formula is C25H23N7O2S. The van der Waals surface area contributed by atoms with Crippen molar-refractivity contribution in [2.24, 2.45) is 0 Å². The molecule has 0 fully saturated rings. The van der Waals surface area contributed by atoms with Gasteiger partial charge < -0.3 is 15.4 Å². The largest absolute Gasteiger partial charge is 0.437 e. The number of hydrogen-bond acceptors (Lipinski definition) is 7. The van der Waals surface area contributed by atoms with Gasteiger partial charge in [0.15, 0.2) is 0 Å². The van der Waals surface area contributed by atoms with Crippen molar-refractivity contribution in [1.82, 2.24) is 24.8 Å². The van der Waals surface area contributed by atoms with Gasteiger partial charge in [-0.3, -0.25) is 0 Å². The SMILES string of the molecule is CC(C)(C)c1ccccc1Oc1ncccc1NC(=O)Nc1ccc(-c2nn3cnnc3s2)cc1. The van der Waals surface area contributed by atoms with Crippen LogP contribution in [0.3, 0.4) is 0 Å². The number of rotatable bonds is 5. The van der Waals surface area contributed by atoms with Gasteiger partial charge in [-0.05, 0) is 47.9 Å². The van der Waals surface area contributed by atoms with Crippen molar-refractivity contribution in [1.29, 1.82) is 0 Å². The summed E-state index contributed by atoms with van der Waals surface area (Å²) in [6.07, 6.45) is 3.19. The van der Waals surface area contributed by atoms with E-state index in [0.29, 0.717) is 23.0 Å². The zero-order valence-corrected chi connectivity index (χ0v) is 20.2. The molecule has 0 atom stereocenters. The minimum Gasteiger partial charge on any atom is -0.437 e. The maximum atomic E-state index is 12.7. The average molecular weight is 486 g/mol. The predicted octanol–water partition coefficient (Wildman–Crippen LogP) is 5.98. The van der Waals surface area contributed by atoms with Gasteiger partial charge in [0.05, 0.1) is 0 Å². The number of carbonyl (C=O) groups is 1. The molecule has 0 spiro atoms. The summed E-state index contributed by atoms with van der Waals surface area (Å²) in [6.45, 7) is 6.36. The second-order valence-electron chi connectivity index (χ2n) is 8.83. The number of nitrogens with zero attached hydrogens (tertiary/aromatic N) is 5. The summed E-state index contributed by atoms with van der Waals surface area (Å²) in [4.78, 5) is 17.8. The number of benzene rings is 2. The number of para-hydroxylation sites is 1. The van der Waals surface area contributed by atoms with Gasteiger partial charge in [0.1, 0.15) is 22.8 Å². The quantitative estimate of drug-likeness (QED) is 0.317. The molecule has 3 heterocycles. The number of carbonyl (C=O) groups excluding carboxylic acids is 1. The van der Waals surface area contributed by atoms with Gasteiger partial charge in [0.25, 0.3) is 0 Å². The summed E-state index contributed by atoms with van der Waals surface area (Å²) in [5.74, 6) is 1.01. The van der Waals surface area contributed by atoms with Crippen molar-refractivity contribution >= 4 is 33.7 Å². The van der Waals surface area contributed by atoms with Crippen LogP contribution in [0.25, 0.3) is 15.5 Å². The van der Waals surface area contributed by atoms with Crippen molar-refractivity contribution < 1.29 is 9.53 Å². The number of pyridine rings is 1. The molecule has 10 heteroatoms. The fourth-order valence-corrected chi connectivity index (χ4v) is 4.33. The highest BCUT2D eigenvalue weighted by Gasteiger charge is 2.20. The topological polar surface area (TPSA) is 106 Å². The second-order valence-corrected chi connectivity index (χ2v) is 9.78. The third-order valence-electron chi connectivity index (χ3n) is 5.20. The Hall–Kier alpha value is -4.31. The van der Waals surface area contributed by atoms with Crippen LogP contribution in [-0.4, -0.2) is 30.8 Å². The molecule has 0 saturated heterocycles. The van der Waals surface area contributed by atoms with Crippen LogP contribution in [0.4, 0.5) is 16.2 Å². The van der Waals surface area contributed by atoms with Gasteiger partial charge >= 0.3 is 6.03 Å². The smallest absolute Gasteiger partial charge is 0.323 e. The lowest BCUT2D eigenvalue weighted by atomic mass is 9.86. The van der Waals surface area contributed by atoms with E-state index in [1.54, 1.807) is 29.2 Å². The molecule has 0 saturated carbocycles. The van der Waals surface area contributed by atoms with Crippen LogP contribution in [0.15, 0.2) is 73.2 Å². The first kappa shape index (κ1) is 22.5. The van der Waals surface area contributed by atoms with Gasteiger partial charge in [-0.25, -0.2) is 9.78 Å². The molecule has 0 radical (unpaired) electrons. The fourth-order valence-electron chi connectivity index (χ4n) is 3.50. The zero-order chi connectivity index (χ0) is 24.4. The molecule has 9 nitrogen and oxygen atoms in total. The molecule has 2 N–H and O–H groups in total. The van der Waals surface area contributed by atoms with E-state index >= 15 is 0 Å². The van der Waals surface area contributed by atoms with Gasteiger partial charge in [-0.15, -0.1) is 10.2 Å². The molecule has 0 aliphatic carbocycles. The van der Waals surface area contributed by atoms with Crippen molar-refractivity contribution in [2.45, 2.75) is 26.2 Å². The van der Waals surface area contributed by atoms with Crippen LogP contribution in [0.2, 0.25) is 0 Å². The van der Waals surface area contributed by atoms with E-state index in [-0.39, 0.29) is 5.41 Å². The normalized spacial score (nSPS) is 11.4. The van der Waals surface area contributed by atoms with E-state index in [0.717, 1.165) is 21.1 Å².